The van der Waals surface area contributed by atoms with Crippen molar-refractivity contribution in [2.24, 2.45) is 5.92 Å². The number of methoxy groups -OCH3 is 1. The third kappa shape index (κ3) is 7.59. The number of likely N-dealkylation sites (tertiary alicyclic amines) is 1. The Morgan fingerprint density at radius 2 is 1.78 bits per heavy atom. The summed E-state index contributed by atoms with van der Waals surface area (Å²) < 4.78 is 19.5. The normalized spacial score (nSPS) is 15.8. The molecule has 1 fully saturated rings. The predicted octanol–water partition coefficient (Wildman–Crippen LogP) is 6.72. The Labute approximate surface area is 270 Å². The van der Waals surface area contributed by atoms with E-state index in [1.165, 1.54) is 4.90 Å². The van der Waals surface area contributed by atoms with Crippen LogP contribution in [0.15, 0.2) is 91.0 Å². The van der Waals surface area contributed by atoms with Crippen LogP contribution in [0.1, 0.15) is 55.0 Å². The maximum absolute atomic E-state index is 13.6. The van der Waals surface area contributed by atoms with Gasteiger partial charge in [0.25, 0.3) is 11.7 Å². The topological polar surface area (TPSA) is 103 Å². The van der Waals surface area contributed by atoms with Crippen LogP contribution in [0.2, 0.25) is 0 Å². The van der Waals surface area contributed by atoms with Crippen molar-refractivity contribution in [2.75, 3.05) is 20.3 Å². The molecule has 1 aliphatic rings. The predicted molar refractivity (Wildman–Crippen MR) is 176 cm³/mol. The van der Waals surface area contributed by atoms with Crippen molar-refractivity contribution in [1.82, 2.24) is 14.5 Å². The Bertz CT molecular complexity index is 1680. The molecule has 3 aromatic carbocycles. The highest BCUT2D eigenvalue weighted by molar-refractivity contribution is 6.46. The van der Waals surface area contributed by atoms with Crippen LogP contribution in [-0.2, 0) is 22.7 Å². The number of ketones is 1. The van der Waals surface area contributed by atoms with E-state index in [9.17, 15) is 14.7 Å². The average Bonchev–Trinajstić information content (AvgIpc) is 3.66. The van der Waals surface area contributed by atoms with E-state index in [2.05, 4.69) is 24.9 Å². The van der Waals surface area contributed by atoms with Crippen LogP contribution in [0, 0.1) is 12.8 Å². The standard InChI is InChI=1S/C37H41N3O6/c1-25(2)15-20-45-31-14-11-29(22-32(31)44-4)34-33(36(42)37(43)40(34)18-6-17-39-19-16-38-24-39)35(41)28-9-12-30(13-10-28)46-23-27-8-5-7-26(3)21-27/h5,7-14,16,19,21-22,24-25,34,41H,6,15,17-18,20,23H2,1-4H3. The molecule has 0 radical (unpaired) electrons. The summed E-state index contributed by atoms with van der Waals surface area (Å²) >= 11 is 0. The number of carbonyl (C=O) groups is 2. The highest BCUT2D eigenvalue weighted by Crippen LogP contribution is 2.42. The first-order valence-corrected chi connectivity index (χ1v) is 15.6. The summed E-state index contributed by atoms with van der Waals surface area (Å²) in [5.74, 6) is 0.522. The first-order valence-electron chi connectivity index (χ1n) is 15.6. The third-order valence-electron chi connectivity index (χ3n) is 7.99. The van der Waals surface area contributed by atoms with Gasteiger partial charge < -0.3 is 28.8 Å². The van der Waals surface area contributed by atoms with Gasteiger partial charge in [-0.15, -0.1) is 0 Å². The number of hydrogen-bond acceptors (Lipinski definition) is 7. The van der Waals surface area contributed by atoms with Gasteiger partial charge in [-0.05, 0) is 73.2 Å². The first kappa shape index (κ1) is 32.3. The quantitative estimate of drug-likeness (QED) is 0.0946. The zero-order valence-electron chi connectivity index (χ0n) is 26.8. The van der Waals surface area contributed by atoms with E-state index >= 15 is 0 Å². The minimum atomic E-state index is -0.821. The number of aromatic nitrogens is 2. The number of aryl methyl sites for hydroxylation is 2. The van der Waals surface area contributed by atoms with Gasteiger partial charge in [0.2, 0.25) is 0 Å². The van der Waals surface area contributed by atoms with Gasteiger partial charge in [0.05, 0.1) is 31.7 Å². The molecule has 5 rings (SSSR count). The number of rotatable bonds is 14. The number of aliphatic hydroxyl groups excluding tert-OH is 1. The van der Waals surface area contributed by atoms with Gasteiger partial charge in [0.1, 0.15) is 18.1 Å². The van der Waals surface area contributed by atoms with E-state index in [4.69, 9.17) is 14.2 Å². The summed E-state index contributed by atoms with van der Waals surface area (Å²) in [7, 11) is 1.55. The Kier molecular flexibility index (Phi) is 10.4. The largest absolute Gasteiger partial charge is 0.507 e. The molecule has 1 unspecified atom stereocenters. The molecule has 2 heterocycles. The van der Waals surface area contributed by atoms with Crippen molar-refractivity contribution in [2.45, 2.75) is 52.8 Å². The average molecular weight is 624 g/mol. The van der Waals surface area contributed by atoms with Crippen LogP contribution in [0.3, 0.4) is 0 Å². The van der Waals surface area contributed by atoms with E-state index in [0.29, 0.717) is 67.0 Å². The van der Waals surface area contributed by atoms with E-state index in [0.717, 1.165) is 17.5 Å². The molecule has 0 bridgehead atoms. The number of benzene rings is 3. The lowest BCUT2D eigenvalue weighted by molar-refractivity contribution is -0.139. The number of Topliss-reactive ketones (excluding diaryl/α,β-unsaturated/α-hetero) is 1. The third-order valence-corrected chi connectivity index (χ3v) is 7.99. The van der Waals surface area contributed by atoms with Gasteiger partial charge in [-0.3, -0.25) is 9.59 Å². The molecule has 4 aromatic rings. The number of carbonyl (C=O) groups excluding carboxylic acids is 2. The molecule has 9 nitrogen and oxygen atoms in total. The molecular weight excluding hydrogens is 582 g/mol. The van der Waals surface area contributed by atoms with Crippen molar-refractivity contribution in [3.05, 3.63) is 113 Å². The van der Waals surface area contributed by atoms with Crippen LogP contribution in [0.25, 0.3) is 5.76 Å². The van der Waals surface area contributed by atoms with E-state index in [-0.39, 0.29) is 11.3 Å². The first-order chi connectivity index (χ1) is 22.2. The molecule has 1 saturated heterocycles. The fourth-order valence-corrected chi connectivity index (χ4v) is 5.51. The lowest BCUT2D eigenvalue weighted by Crippen LogP contribution is -2.31. The van der Waals surface area contributed by atoms with E-state index in [1.807, 2.05) is 42.0 Å². The number of nitrogens with zero attached hydrogens (tertiary/aromatic N) is 3. The fraction of sp³-hybridized carbons (Fsp3) is 0.324. The number of imidazole rings is 1. The summed E-state index contributed by atoms with van der Waals surface area (Å²) in [6.45, 7) is 8.14. The van der Waals surface area contributed by atoms with Crippen molar-refractivity contribution >= 4 is 17.4 Å². The van der Waals surface area contributed by atoms with Crippen molar-refractivity contribution in [3.8, 4) is 17.2 Å². The van der Waals surface area contributed by atoms with E-state index in [1.54, 1.807) is 56.0 Å². The summed E-state index contributed by atoms with van der Waals surface area (Å²) in [4.78, 5) is 32.7. The zero-order chi connectivity index (χ0) is 32.6. The molecule has 0 saturated carbocycles. The highest BCUT2D eigenvalue weighted by atomic mass is 16.5. The molecule has 0 spiro atoms. The van der Waals surface area contributed by atoms with Gasteiger partial charge in [-0.1, -0.05) is 49.7 Å². The monoisotopic (exact) mass is 623 g/mol. The number of aliphatic hydroxyl groups is 1. The van der Waals surface area contributed by atoms with Crippen LogP contribution in [-0.4, -0.2) is 51.5 Å². The summed E-state index contributed by atoms with van der Waals surface area (Å²) in [5.41, 5.74) is 3.27. The van der Waals surface area contributed by atoms with Gasteiger partial charge in [-0.25, -0.2) is 4.98 Å². The smallest absolute Gasteiger partial charge is 0.295 e. The van der Waals surface area contributed by atoms with Gasteiger partial charge in [-0.2, -0.15) is 0 Å². The maximum Gasteiger partial charge on any atom is 0.295 e. The Morgan fingerprint density at radius 3 is 2.48 bits per heavy atom. The van der Waals surface area contributed by atoms with Crippen molar-refractivity contribution in [1.29, 1.82) is 0 Å². The van der Waals surface area contributed by atoms with Crippen LogP contribution in [0.4, 0.5) is 0 Å². The Morgan fingerprint density at radius 1 is 0.978 bits per heavy atom. The number of hydrogen-bond donors (Lipinski definition) is 1. The minimum Gasteiger partial charge on any atom is -0.507 e. The number of amides is 1. The molecule has 46 heavy (non-hydrogen) atoms. The molecule has 9 heteroatoms. The fourth-order valence-electron chi connectivity index (χ4n) is 5.51. The lowest BCUT2D eigenvalue weighted by atomic mass is 9.95. The van der Waals surface area contributed by atoms with Gasteiger partial charge in [0, 0.05) is 31.0 Å². The van der Waals surface area contributed by atoms with E-state index < -0.39 is 17.7 Å². The Balaban J connectivity index is 1.44. The Hall–Kier alpha value is -5.05. The second kappa shape index (κ2) is 14.8. The lowest BCUT2D eigenvalue weighted by Gasteiger charge is -2.26. The molecule has 1 amide bonds. The maximum atomic E-state index is 13.6. The second-order valence-corrected chi connectivity index (χ2v) is 11.9. The zero-order valence-corrected chi connectivity index (χ0v) is 26.8. The molecule has 1 aliphatic heterocycles. The SMILES string of the molecule is COc1cc(C2C(=C(O)c3ccc(OCc4cccc(C)c4)cc3)C(=O)C(=O)N2CCCn2ccnc2)ccc1OCCC(C)C. The van der Waals surface area contributed by atoms with Gasteiger partial charge >= 0.3 is 0 Å². The summed E-state index contributed by atoms with van der Waals surface area (Å²) in [5, 5.41) is 11.6. The van der Waals surface area contributed by atoms with Crippen molar-refractivity contribution < 1.29 is 28.9 Å². The van der Waals surface area contributed by atoms with Crippen LogP contribution in [0.5, 0.6) is 17.2 Å². The number of ether oxygens (including phenoxy) is 3. The van der Waals surface area contributed by atoms with Crippen LogP contribution >= 0.6 is 0 Å². The minimum absolute atomic E-state index is 0.0246. The molecule has 0 aliphatic carbocycles. The highest BCUT2D eigenvalue weighted by Gasteiger charge is 2.46. The second-order valence-electron chi connectivity index (χ2n) is 11.9. The molecule has 1 N–H and O–H groups in total. The van der Waals surface area contributed by atoms with Crippen molar-refractivity contribution in [3.63, 3.8) is 0 Å². The molecule has 1 atom stereocenters. The molecule has 240 valence electrons. The van der Waals surface area contributed by atoms with Crippen LogP contribution < -0.4 is 14.2 Å². The molecular formula is C37H41N3O6. The molecule has 1 aromatic heterocycles. The van der Waals surface area contributed by atoms with Gasteiger partial charge in [0.15, 0.2) is 11.5 Å². The summed E-state index contributed by atoms with van der Waals surface area (Å²) in [6, 6.07) is 19.5. The summed E-state index contributed by atoms with van der Waals surface area (Å²) in [6.07, 6.45) is 6.73.